The second-order valence-corrected chi connectivity index (χ2v) is 4.95. The van der Waals surface area contributed by atoms with Gasteiger partial charge in [0.25, 0.3) is 0 Å². The van der Waals surface area contributed by atoms with E-state index in [4.69, 9.17) is 4.74 Å². The average Bonchev–Trinajstić information content (AvgIpc) is 2.63. The quantitative estimate of drug-likeness (QED) is 0.482. The van der Waals surface area contributed by atoms with Gasteiger partial charge in [-0.05, 0) is 43.3 Å². The van der Waals surface area contributed by atoms with Gasteiger partial charge >= 0.3 is 0 Å². The zero-order valence-electron chi connectivity index (χ0n) is 13.8. The number of oxime groups is 1. The van der Waals surface area contributed by atoms with Crippen molar-refractivity contribution in [2.24, 2.45) is 10.3 Å². The van der Waals surface area contributed by atoms with Crippen molar-refractivity contribution in [2.75, 3.05) is 19.6 Å². The molecule has 0 aliphatic carbocycles. The Morgan fingerprint density at radius 2 is 1.71 bits per heavy atom. The van der Waals surface area contributed by atoms with Gasteiger partial charge in [-0.25, -0.2) is 0 Å². The molecule has 0 saturated carbocycles. The minimum absolute atomic E-state index is 0.127. The van der Waals surface area contributed by atoms with Crippen LogP contribution in [0.15, 0.2) is 58.8 Å². The van der Waals surface area contributed by atoms with Crippen LogP contribution in [0.3, 0.4) is 0 Å². The molecule has 0 fully saturated rings. The molecule has 0 amide bonds. The molecule has 0 aliphatic heterocycles. The number of nitrogens with one attached hydrogen (secondary N) is 1. The Kier molecular flexibility index (Phi) is 6.08. The number of aryl methyl sites for hydroxylation is 1. The van der Waals surface area contributed by atoms with Crippen LogP contribution in [0.5, 0.6) is 5.75 Å². The molecule has 6 nitrogen and oxygen atoms in total. The van der Waals surface area contributed by atoms with E-state index in [1.54, 1.807) is 31.4 Å². The topological polar surface area (TPSA) is 72.3 Å². The van der Waals surface area contributed by atoms with E-state index in [-0.39, 0.29) is 11.5 Å². The van der Waals surface area contributed by atoms with E-state index in [0.29, 0.717) is 11.3 Å². The van der Waals surface area contributed by atoms with Gasteiger partial charge in [-0.15, -0.1) is 0 Å². The Morgan fingerprint density at radius 1 is 1.04 bits per heavy atom. The van der Waals surface area contributed by atoms with Crippen LogP contribution in [0.1, 0.15) is 15.9 Å². The Balaban J connectivity index is 2.22. The Hall–Kier alpha value is -3.15. The third-order valence-corrected chi connectivity index (χ3v) is 3.22. The van der Waals surface area contributed by atoms with Crippen LogP contribution < -0.4 is 10.2 Å². The third-order valence-electron chi connectivity index (χ3n) is 3.22. The van der Waals surface area contributed by atoms with E-state index in [2.05, 4.69) is 20.5 Å². The monoisotopic (exact) mass is 325 g/mol. The summed E-state index contributed by atoms with van der Waals surface area (Å²) in [6.07, 6.45) is 1.27. The smallest absolute Gasteiger partial charge is 0.214 e. The van der Waals surface area contributed by atoms with Gasteiger partial charge in [-0.3, -0.25) is 10.2 Å². The van der Waals surface area contributed by atoms with Gasteiger partial charge in [-0.1, -0.05) is 22.9 Å². The molecule has 0 radical (unpaired) electrons. The minimum atomic E-state index is -0.280. The van der Waals surface area contributed by atoms with Crippen LogP contribution in [0.4, 0.5) is 5.69 Å². The van der Waals surface area contributed by atoms with E-state index in [9.17, 15) is 4.79 Å². The number of nitrogens with zero attached hydrogens (tertiary/aromatic N) is 2. The van der Waals surface area contributed by atoms with Crippen LogP contribution in [0.2, 0.25) is 0 Å². The summed E-state index contributed by atoms with van der Waals surface area (Å²) in [5.41, 5.74) is 5.36. The molecule has 0 aromatic heterocycles. The summed E-state index contributed by atoms with van der Waals surface area (Å²) in [6.45, 7) is 2.00. The van der Waals surface area contributed by atoms with Crippen molar-refractivity contribution < 1.29 is 14.4 Å². The second-order valence-electron chi connectivity index (χ2n) is 4.95. The Morgan fingerprint density at radius 3 is 2.29 bits per heavy atom. The Bertz CT molecular complexity index is 735. The lowest BCUT2D eigenvalue weighted by atomic mass is 10.1. The fourth-order valence-corrected chi connectivity index (χ4v) is 1.88. The lowest BCUT2D eigenvalue weighted by Crippen LogP contribution is -2.18. The maximum Gasteiger partial charge on any atom is 0.214 e. The highest BCUT2D eigenvalue weighted by molar-refractivity contribution is 6.64. The molecule has 2 aromatic rings. The van der Waals surface area contributed by atoms with Crippen LogP contribution >= 0.6 is 0 Å². The molecular formula is C18H19N3O3. The molecule has 2 aromatic carbocycles. The van der Waals surface area contributed by atoms with Crippen LogP contribution in [-0.2, 0) is 4.84 Å². The summed E-state index contributed by atoms with van der Waals surface area (Å²) in [7, 11) is 2.97. The first-order chi connectivity index (χ1) is 11.6. The molecule has 2 rings (SSSR count). The van der Waals surface area contributed by atoms with E-state index in [1.807, 2.05) is 31.2 Å². The SMILES string of the molecule is CO/N=C/C(=N/Nc1ccc(C)cc1)C(=O)c1ccc(OC)cc1. The van der Waals surface area contributed by atoms with Gasteiger partial charge < -0.3 is 9.57 Å². The molecular weight excluding hydrogens is 306 g/mol. The van der Waals surface area contributed by atoms with E-state index < -0.39 is 0 Å². The zero-order chi connectivity index (χ0) is 17.4. The minimum Gasteiger partial charge on any atom is -0.497 e. The molecule has 124 valence electrons. The number of hydrogen-bond donors (Lipinski definition) is 1. The predicted molar refractivity (Wildman–Crippen MR) is 95.1 cm³/mol. The van der Waals surface area contributed by atoms with Gasteiger partial charge in [0.05, 0.1) is 19.0 Å². The number of methoxy groups -OCH3 is 1. The summed E-state index contributed by atoms with van der Waals surface area (Å²) in [6, 6.07) is 14.4. The molecule has 24 heavy (non-hydrogen) atoms. The molecule has 0 saturated heterocycles. The first-order valence-electron chi connectivity index (χ1n) is 7.29. The zero-order valence-corrected chi connectivity index (χ0v) is 13.8. The number of carbonyl (C=O) groups excluding carboxylic acids is 1. The number of hydrazone groups is 1. The summed E-state index contributed by atoms with van der Waals surface area (Å²) in [5, 5.41) is 7.77. The fraction of sp³-hybridized carbons (Fsp3) is 0.167. The standard InChI is InChI=1S/C18H19N3O3/c1-13-4-8-15(9-5-13)20-21-17(12-19-24-3)18(22)14-6-10-16(23-2)11-7-14/h4-12,20H,1-3H3/b19-12+,21-17-. The van der Waals surface area contributed by atoms with Crippen molar-refractivity contribution in [3.05, 3.63) is 59.7 Å². The average molecular weight is 325 g/mol. The van der Waals surface area contributed by atoms with E-state index in [1.165, 1.54) is 13.3 Å². The van der Waals surface area contributed by atoms with Gasteiger partial charge in [0, 0.05) is 5.56 Å². The van der Waals surface area contributed by atoms with Crippen molar-refractivity contribution in [3.8, 4) is 5.75 Å². The highest BCUT2D eigenvalue weighted by Gasteiger charge is 2.13. The Labute approximate surface area is 140 Å². The van der Waals surface area contributed by atoms with Crippen LogP contribution in [0, 0.1) is 6.92 Å². The molecule has 0 aliphatic rings. The van der Waals surface area contributed by atoms with Crippen LogP contribution in [-0.4, -0.2) is 31.9 Å². The number of ketones is 1. The lowest BCUT2D eigenvalue weighted by Gasteiger charge is -2.05. The van der Waals surface area contributed by atoms with Crippen molar-refractivity contribution >= 4 is 23.4 Å². The number of ether oxygens (including phenoxy) is 1. The predicted octanol–water partition coefficient (Wildman–Crippen LogP) is 3.29. The third kappa shape index (κ3) is 4.67. The van der Waals surface area contributed by atoms with Crippen molar-refractivity contribution in [1.82, 2.24) is 0 Å². The first kappa shape index (κ1) is 17.2. The second kappa shape index (κ2) is 8.47. The number of benzene rings is 2. The van der Waals surface area contributed by atoms with Gasteiger partial charge in [-0.2, -0.15) is 5.10 Å². The number of Topliss-reactive ketones (excluding diaryl/α,β-unsaturated/α-hetero) is 1. The van der Waals surface area contributed by atoms with Gasteiger partial charge in [0.2, 0.25) is 5.78 Å². The number of carbonyl (C=O) groups is 1. The largest absolute Gasteiger partial charge is 0.497 e. The fourth-order valence-electron chi connectivity index (χ4n) is 1.88. The number of anilines is 1. The van der Waals surface area contributed by atoms with Crippen molar-refractivity contribution in [3.63, 3.8) is 0 Å². The molecule has 0 heterocycles. The van der Waals surface area contributed by atoms with E-state index >= 15 is 0 Å². The summed E-state index contributed by atoms with van der Waals surface area (Å²) < 4.78 is 5.09. The normalized spacial score (nSPS) is 11.4. The van der Waals surface area contributed by atoms with Crippen molar-refractivity contribution in [2.45, 2.75) is 6.92 Å². The molecule has 6 heteroatoms. The number of hydrogen-bond acceptors (Lipinski definition) is 6. The van der Waals surface area contributed by atoms with E-state index in [0.717, 1.165) is 11.3 Å². The lowest BCUT2D eigenvalue weighted by molar-refractivity contribution is 0.106. The maximum absolute atomic E-state index is 12.6. The molecule has 0 unspecified atom stereocenters. The highest BCUT2D eigenvalue weighted by atomic mass is 16.6. The van der Waals surface area contributed by atoms with Crippen LogP contribution in [0.25, 0.3) is 0 Å². The molecule has 0 spiro atoms. The van der Waals surface area contributed by atoms with Gasteiger partial charge in [0.15, 0.2) is 5.71 Å². The summed E-state index contributed by atoms with van der Waals surface area (Å²) in [4.78, 5) is 17.2. The van der Waals surface area contributed by atoms with Gasteiger partial charge in [0.1, 0.15) is 12.9 Å². The summed E-state index contributed by atoms with van der Waals surface area (Å²) >= 11 is 0. The molecule has 0 bridgehead atoms. The maximum atomic E-state index is 12.6. The summed E-state index contributed by atoms with van der Waals surface area (Å²) in [5.74, 6) is 0.395. The molecule has 0 atom stereocenters. The highest BCUT2D eigenvalue weighted by Crippen LogP contribution is 2.13. The number of rotatable bonds is 7. The van der Waals surface area contributed by atoms with Crippen molar-refractivity contribution in [1.29, 1.82) is 0 Å². The first-order valence-corrected chi connectivity index (χ1v) is 7.29. The molecule has 1 N–H and O–H groups in total.